The van der Waals surface area contributed by atoms with E-state index in [1.807, 2.05) is 0 Å². The van der Waals surface area contributed by atoms with E-state index in [0.29, 0.717) is 5.56 Å². The molecule has 88 valence electrons. The minimum Gasteiger partial charge on any atom is -0.465 e. The molecule has 1 aromatic rings. The second kappa shape index (κ2) is 6.06. The summed E-state index contributed by atoms with van der Waals surface area (Å²) in [6.07, 6.45) is 0.0623. The summed E-state index contributed by atoms with van der Waals surface area (Å²) in [5.74, 6) is -1.09. The lowest BCUT2D eigenvalue weighted by Gasteiger charge is -2.09. The van der Waals surface area contributed by atoms with Crippen LogP contribution >= 0.6 is 23.2 Å². The molecule has 0 aliphatic carbocycles. The van der Waals surface area contributed by atoms with E-state index >= 15 is 0 Å². The lowest BCUT2D eigenvalue weighted by atomic mass is 10.1. The van der Waals surface area contributed by atoms with Gasteiger partial charge in [-0.1, -0.05) is 23.7 Å². The predicted molar refractivity (Wildman–Crippen MR) is 61.4 cm³/mol. The minimum absolute atomic E-state index is 0.0187. The molecular formula is C11H11Cl2FO2. The van der Waals surface area contributed by atoms with Gasteiger partial charge in [0, 0.05) is 6.42 Å². The first-order valence-electron chi connectivity index (χ1n) is 4.79. The van der Waals surface area contributed by atoms with Gasteiger partial charge in [-0.2, -0.15) is 0 Å². The molecule has 0 spiro atoms. The number of hydrogen-bond donors (Lipinski definition) is 0. The topological polar surface area (TPSA) is 26.3 Å². The minimum atomic E-state index is -0.895. The number of carbonyl (C=O) groups is 1. The molecule has 1 atom stereocenters. The molecular weight excluding hydrogens is 254 g/mol. The van der Waals surface area contributed by atoms with Gasteiger partial charge in [0.25, 0.3) is 0 Å². The highest BCUT2D eigenvalue weighted by Gasteiger charge is 2.19. The Labute approximate surface area is 103 Å². The molecule has 1 aromatic carbocycles. The van der Waals surface area contributed by atoms with Crippen LogP contribution in [0.5, 0.6) is 0 Å². The molecule has 0 fully saturated rings. The summed E-state index contributed by atoms with van der Waals surface area (Å²) in [5.41, 5.74) is 0.306. The molecule has 1 unspecified atom stereocenters. The highest BCUT2D eigenvalue weighted by atomic mass is 35.5. The van der Waals surface area contributed by atoms with Crippen molar-refractivity contribution >= 4 is 29.2 Å². The first-order valence-corrected chi connectivity index (χ1v) is 5.61. The van der Waals surface area contributed by atoms with E-state index in [4.69, 9.17) is 27.9 Å². The number of carbonyl (C=O) groups excluding carboxylic acids is 1. The van der Waals surface area contributed by atoms with E-state index in [-0.39, 0.29) is 18.1 Å². The zero-order chi connectivity index (χ0) is 12.1. The third kappa shape index (κ3) is 3.35. The van der Waals surface area contributed by atoms with Crippen LogP contribution in [-0.2, 0) is 16.0 Å². The molecule has 0 N–H and O–H groups in total. The number of rotatable bonds is 4. The molecule has 0 amide bonds. The Balaban J connectivity index is 2.73. The van der Waals surface area contributed by atoms with Gasteiger partial charge in [0.05, 0.1) is 11.6 Å². The van der Waals surface area contributed by atoms with Crippen LogP contribution in [0, 0.1) is 5.82 Å². The monoisotopic (exact) mass is 264 g/mol. The third-order valence-electron chi connectivity index (χ3n) is 1.97. The van der Waals surface area contributed by atoms with E-state index in [1.54, 1.807) is 13.0 Å². The summed E-state index contributed by atoms with van der Waals surface area (Å²) in [6.45, 7) is 1.93. The molecule has 0 saturated heterocycles. The second-order valence-corrected chi connectivity index (χ2v) is 4.07. The largest absolute Gasteiger partial charge is 0.465 e. The Kier molecular flexibility index (Phi) is 5.03. The first kappa shape index (κ1) is 13.3. The zero-order valence-corrected chi connectivity index (χ0v) is 10.2. The number of alkyl halides is 1. The van der Waals surface area contributed by atoms with Gasteiger partial charge in [-0.3, -0.25) is 4.79 Å². The van der Waals surface area contributed by atoms with Crippen LogP contribution in [0.3, 0.4) is 0 Å². The fourth-order valence-electron chi connectivity index (χ4n) is 1.22. The van der Waals surface area contributed by atoms with Gasteiger partial charge in [0.15, 0.2) is 0 Å². The molecule has 0 aromatic heterocycles. The van der Waals surface area contributed by atoms with Crippen molar-refractivity contribution in [2.24, 2.45) is 0 Å². The van der Waals surface area contributed by atoms with E-state index in [9.17, 15) is 9.18 Å². The van der Waals surface area contributed by atoms with Crippen LogP contribution in [0.2, 0.25) is 5.02 Å². The molecule has 5 heteroatoms. The molecule has 0 aliphatic rings. The molecule has 0 bridgehead atoms. The van der Waals surface area contributed by atoms with Gasteiger partial charge >= 0.3 is 5.97 Å². The summed E-state index contributed by atoms with van der Waals surface area (Å²) in [6, 6.07) is 4.58. The van der Waals surface area contributed by atoms with Gasteiger partial charge in [-0.15, -0.1) is 11.6 Å². The molecule has 1 rings (SSSR count). The Morgan fingerprint density at radius 1 is 1.56 bits per heavy atom. The van der Waals surface area contributed by atoms with Gasteiger partial charge in [0.1, 0.15) is 11.2 Å². The standard InChI is InChI=1S/C11H11Cl2FO2/c1-2-16-11(15)9(13)6-7-4-3-5-8(12)10(7)14/h3-5,9H,2,6H2,1H3. The van der Waals surface area contributed by atoms with Crippen molar-refractivity contribution in [1.82, 2.24) is 0 Å². The average molecular weight is 265 g/mol. The second-order valence-electron chi connectivity index (χ2n) is 3.14. The smallest absolute Gasteiger partial charge is 0.324 e. The summed E-state index contributed by atoms with van der Waals surface area (Å²) in [7, 11) is 0. The van der Waals surface area contributed by atoms with Crippen LogP contribution in [0.4, 0.5) is 4.39 Å². The number of ether oxygens (including phenoxy) is 1. The molecule has 2 nitrogen and oxygen atoms in total. The number of hydrogen-bond acceptors (Lipinski definition) is 2. The molecule has 0 radical (unpaired) electrons. The van der Waals surface area contributed by atoms with Crippen LogP contribution in [0.15, 0.2) is 18.2 Å². The maximum atomic E-state index is 13.5. The van der Waals surface area contributed by atoms with E-state index in [1.165, 1.54) is 12.1 Å². The summed E-state index contributed by atoms with van der Waals surface area (Å²) in [4.78, 5) is 11.2. The fourth-order valence-corrected chi connectivity index (χ4v) is 1.64. The zero-order valence-electron chi connectivity index (χ0n) is 8.67. The lowest BCUT2D eigenvalue weighted by Crippen LogP contribution is -2.20. The van der Waals surface area contributed by atoms with Gasteiger partial charge in [-0.05, 0) is 18.6 Å². The highest BCUT2D eigenvalue weighted by molar-refractivity contribution is 6.31. The van der Waals surface area contributed by atoms with Crippen molar-refractivity contribution in [3.63, 3.8) is 0 Å². The number of benzene rings is 1. The fraction of sp³-hybridized carbons (Fsp3) is 0.364. The van der Waals surface area contributed by atoms with Crippen molar-refractivity contribution in [2.45, 2.75) is 18.7 Å². The average Bonchev–Trinajstić information content (AvgIpc) is 2.25. The third-order valence-corrected chi connectivity index (χ3v) is 2.60. The maximum absolute atomic E-state index is 13.5. The SMILES string of the molecule is CCOC(=O)C(Cl)Cc1cccc(Cl)c1F. The summed E-state index contributed by atoms with van der Waals surface area (Å²) >= 11 is 11.4. The van der Waals surface area contributed by atoms with Crippen molar-refractivity contribution < 1.29 is 13.9 Å². The normalized spacial score (nSPS) is 12.2. The van der Waals surface area contributed by atoms with Crippen LogP contribution < -0.4 is 0 Å². The highest BCUT2D eigenvalue weighted by Crippen LogP contribution is 2.20. The van der Waals surface area contributed by atoms with Crippen molar-refractivity contribution in [3.8, 4) is 0 Å². The molecule has 0 saturated carbocycles. The van der Waals surface area contributed by atoms with E-state index in [2.05, 4.69) is 0 Å². The van der Waals surface area contributed by atoms with Crippen molar-refractivity contribution in [3.05, 3.63) is 34.6 Å². The van der Waals surface area contributed by atoms with Gasteiger partial charge < -0.3 is 4.74 Å². The van der Waals surface area contributed by atoms with E-state index < -0.39 is 17.2 Å². The van der Waals surface area contributed by atoms with Crippen LogP contribution in [-0.4, -0.2) is 18.0 Å². The Bertz CT molecular complexity index is 382. The van der Waals surface area contributed by atoms with Gasteiger partial charge in [-0.25, -0.2) is 4.39 Å². The Morgan fingerprint density at radius 3 is 2.88 bits per heavy atom. The molecule has 0 aliphatic heterocycles. The number of halogens is 3. The van der Waals surface area contributed by atoms with Crippen molar-refractivity contribution in [2.75, 3.05) is 6.61 Å². The molecule has 16 heavy (non-hydrogen) atoms. The molecule has 0 heterocycles. The van der Waals surface area contributed by atoms with Crippen LogP contribution in [0.25, 0.3) is 0 Å². The lowest BCUT2D eigenvalue weighted by molar-refractivity contribution is -0.142. The first-order chi connectivity index (χ1) is 7.56. The summed E-state index contributed by atoms with van der Waals surface area (Å²) in [5, 5.41) is -0.877. The van der Waals surface area contributed by atoms with Crippen molar-refractivity contribution in [1.29, 1.82) is 0 Å². The van der Waals surface area contributed by atoms with Gasteiger partial charge in [0.2, 0.25) is 0 Å². The maximum Gasteiger partial charge on any atom is 0.324 e. The Morgan fingerprint density at radius 2 is 2.25 bits per heavy atom. The predicted octanol–water partition coefficient (Wildman–Crippen LogP) is 3.19. The quantitative estimate of drug-likeness (QED) is 0.617. The number of esters is 1. The Hall–Kier alpha value is -0.800. The summed E-state index contributed by atoms with van der Waals surface area (Å²) < 4.78 is 18.2. The van der Waals surface area contributed by atoms with E-state index in [0.717, 1.165) is 0 Å². The van der Waals surface area contributed by atoms with Crippen LogP contribution in [0.1, 0.15) is 12.5 Å².